The normalized spacial score (nSPS) is 11.6. The number of aromatic nitrogens is 2. The van der Waals surface area contributed by atoms with Crippen LogP contribution in [0.5, 0.6) is 0 Å². The molecule has 0 saturated heterocycles. The summed E-state index contributed by atoms with van der Waals surface area (Å²) in [6.07, 6.45) is -3.52. The van der Waals surface area contributed by atoms with Gasteiger partial charge in [0.2, 0.25) is 5.95 Å². The van der Waals surface area contributed by atoms with Gasteiger partial charge in [0.1, 0.15) is 5.82 Å². The third-order valence-electron chi connectivity index (χ3n) is 3.41. The Bertz CT molecular complexity index is 701. The summed E-state index contributed by atoms with van der Waals surface area (Å²) >= 11 is 0. The Balaban J connectivity index is 2.13. The molecule has 0 amide bonds. The highest BCUT2D eigenvalue weighted by Crippen LogP contribution is 2.35. The van der Waals surface area contributed by atoms with Gasteiger partial charge in [-0.15, -0.1) is 0 Å². The van der Waals surface area contributed by atoms with Crippen molar-refractivity contribution in [1.29, 1.82) is 0 Å². The minimum absolute atomic E-state index is 0.0355. The van der Waals surface area contributed by atoms with Gasteiger partial charge in [0.15, 0.2) is 0 Å². The van der Waals surface area contributed by atoms with Crippen LogP contribution in [0.1, 0.15) is 17.7 Å². The number of rotatable bonds is 7. The lowest BCUT2D eigenvalue weighted by Crippen LogP contribution is -2.17. The zero-order valence-corrected chi connectivity index (χ0v) is 14.5. The molecule has 25 heavy (non-hydrogen) atoms. The molecule has 0 radical (unpaired) electrons. The van der Waals surface area contributed by atoms with Gasteiger partial charge in [0.05, 0.1) is 11.3 Å². The highest BCUT2D eigenvalue weighted by atomic mass is 19.4. The summed E-state index contributed by atoms with van der Waals surface area (Å²) < 4.78 is 39.3. The lowest BCUT2D eigenvalue weighted by molar-refractivity contribution is -0.136. The van der Waals surface area contributed by atoms with Gasteiger partial charge < -0.3 is 15.5 Å². The van der Waals surface area contributed by atoms with E-state index in [-0.39, 0.29) is 5.69 Å². The Labute approximate surface area is 145 Å². The average Bonchev–Trinajstić information content (AvgIpc) is 2.50. The van der Waals surface area contributed by atoms with Crippen LogP contribution >= 0.6 is 0 Å². The maximum atomic E-state index is 13.1. The number of anilines is 3. The molecule has 0 unspecified atom stereocenters. The second-order valence-electron chi connectivity index (χ2n) is 5.97. The Morgan fingerprint density at radius 3 is 2.52 bits per heavy atom. The molecule has 1 aromatic heterocycles. The first-order valence-corrected chi connectivity index (χ1v) is 7.93. The smallest absolute Gasteiger partial charge is 0.354 e. The van der Waals surface area contributed by atoms with E-state index in [1.165, 1.54) is 12.1 Å². The van der Waals surface area contributed by atoms with Gasteiger partial charge in [0.25, 0.3) is 0 Å². The first-order valence-electron chi connectivity index (χ1n) is 7.93. The molecule has 0 spiro atoms. The van der Waals surface area contributed by atoms with Crippen LogP contribution in [0.4, 0.5) is 30.6 Å². The summed E-state index contributed by atoms with van der Waals surface area (Å²) in [5, 5.41) is 5.85. The molecule has 0 aliphatic carbocycles. The van der Waals surface area contributed by atoms with Crippen molar-refractivity contribution in [3.63, 3.8) is 0 Å². The number of halogens is 3. The zero-order valence-electron chi connectivity index (χ0n) is 14.5. The summed E-state index contributed by atoms with van der Waals surface area (Å²) in [5.41, 5.74) is -0.101. The minimum Gasteiger partial charge on any atom is -0.354 e. The second-order valence-corrected chi connectivity index (χ2v) is 5.97. The van der Waals surface area contributed by atoms with Crippen LogP contribution in [0.15, 0.2) is 30.3 Å². The molecule has 2 aromatic rings. The number of para-hydroxylation sites is 1. The molecular weight excluding hydrogens is 331 g/mol. The second kappa shape index (κ2) is 8.15. The summed E-state index contributed by atoms with van der Waals surface area (Å²) in [6.45, 7) is 3.37. The van der Waals surface area contributed by atoms with E-state index in [0.29, 0.717) is 24.0 Å². The van der Waals surface area contributed by atoms with Crippen LogP contribution in [-0.4, -0.2) is 42.1 Å². The van der Waals surface area contributed by atoms with Gasteiger partial charge in [-0.1, -0.05) is 12.1 Å². The fourth-order valence-electron chi connectivity index (χ4n) is 2.28. The number of hydrogen-bond acceptors (Lipinski definition) is 5. The van der Waals surface area contributed by atoms with Crippen molar-refractivity contribution >= 4 is 17.5 Å². The molecule has 0 bridgehead atoms. The molecule has 5 nitrogen and oxygen atoms in total. The van der Waals surface area contributed by atoms with E-state index < -0.39 is 11.7 Å². The molecule has 1 aromatic carbocycles. The summed E-state index contributed by atoms with van der Waals surface area (Å²) in [7, 11) is 3.98. The topological polar surface area (TPSA) is 53.1 Å². The first-order chi connectivity index (χ1) is 11.8. The van der Waals surface area contributed by atoms with Gasteiger partial charge in [-0.25, -0.2) is 4.98 Å². The van der Waals surface area contributed by atoms with Crippen molar-refractivity contribution in [3.8, 4) is 0 Å². The van der Waals surface area contributed by atoms with E-state index in [4.69, 9.17) is 0 Å². The van der Waals surface area contributed by atoms with Crippen molar-refractivity contribution in [3.05, 3.63) is 41.6 Å². The van der Waals surface area contributed by atoms with Crippen LogP contribution in [0.25, 0.3) is 0 Å². The Morgan fingerprint density at radius 1 is 1.12 bits per heavy atom. The maximum absolute atomic E-state index is 13.1. The minimum atomic E-state index is -4.43. The number of benzene rings is 1. The molecule has 136 valence electrons. The number of nitrogens with one attached hydrogen (secondary N) is 2. The van der Waals surface area contributed by atoms with Crippen LogP contribution < -0.4 is 10.6 Å². The predicted molar refractivity (Wildman–Crippen MR) is 93.2 cm³/mol. The molecular formula is C17H22F3N5. The van der Waals surface area contributed by atoms with E-state index >= 15 is 0 Å². The van der Waals surface area contributed by atoms with Gasteiger partial charge in [-0.05, 0) is 46.1 Å². The summed E-state index contributed by atoms with van der Waals surface area (Å²) in [4.78, 5) is 10.6. The molecule has 0 saturated carbocycles. The molecule has 0 aliphatic heterocycles. The lowest BCUT2D eigenvalue weighted by atomic mass is 10.1. The molecule has 0 fully saturated rings. The van der Waals surface area contributed by atoms with Crippen molar-refractivity contribution in [2.75, 3.05) is 37.8 Å². The van der Waals surface area contributed by atoms with E-state index in [1.54, 1.807) is 19.1 Å². The highest BCUT2D eigenvalue weighted by molar-refractivity contribution is 5.62. The van der Waals surface area contributed by atoms with Crippen molar-refractivity contribution < 1.29 is 13.2 Å². The molecule has 1 heterocycles. The lowest BCUT2D eigenvalue weighted by Gasteiger charge is -2.15. The Morgan fingerprint density at radius 2 is 1.84 bits per heavy atom. The van der Waals surface area contributed by atoms with Crippen molar-refractivity contribution in [2.24, 2.45) is 0 Å². The Hall–Kier alpha value is -2.35. The Kier molecular flexibility index (Phi) is 6.19. The monoisotopic (exact) mass is 353 g/mol. The van der Waals surface area contributed by atoms with Crippen LogP contribution in [-0.2, 0) is 6.18 Å². The van der Waals surface area contributed by atoms with Crippen molar-refractivity contribution in [2.45, 2.75) is 19.5 Å². The highest BCUT2D eigenvalue weighted by Gasteiger charge is 2.33. The summed E-state index contributed by atoms with van der Waals surface area (Å²) in [5.74, 6) is 0.713. The fourth-order valence-corrected chi connectivity index (χ4v) is 2.28. The quantitative estimate of drug-likeness (QED) is 0.739. The third-order valence-corrected chi connectivity index (χ3v) is 3.41. The van der Waals surface area contributed by atoms with Gasteiger partial charge in [-0.2, -0.15) is 18.2 Å². The number of alkyl halides is 3. The number of nitrogens with zero attached hydrogens (tertiary/aromatic N) is 3. The van der Waals surface area contributed by atoms with Crippen LogP contribution in [0.3, 0.4) is 0 Å². The molecule has 2 rings (SSSR count). The summed E-state index contributed by atoms with van der Waals surface area (Å²) in [6, 6.07) is 6.93. The van der Waals surface area contributed by atoms with Gasteiger partial charge >= 0.3 is 6.18 Å². The van der Waals surface area contributed by atoms with E-state index in [1.807, 2.05) is 14.1 Å². The SMILES string of the molecule is Cc1cc(Nc2ccccc2C(F)(F)F)nc(NCCCN(C)C)n1. The standard InChI is InChI=1S/C17H22F3N5/c1-12-11-15(24-16(22-12)21-9-6-10-25(2)3)23-14-8-5-4-7-13(14)17(18,19)20/h4-5,7-8,11H,6,9-10H2,1-3H3,(H2,21,22,23,24). The largest absolute Gasteiger partial charge is 0.418 e. The van der Waals surface area contributed by atoms with Crippen molar-refractivity contribution in [1.82, 2.24) is 14.9 Å². The first kappa shape index (κ1) is 19.0. The number of aryl methyl sites for hydroxylation is 1. The van der Waals surface area contributed by atoms with E-state index in [9.17, 15) is 13.2 Å². The molecule has 0 atom stereocenters. The molecule has 8 heteroatoms. The molecule has 2 N–H and O–H groups in total. The van der Waals surface area contributed by atoms with Gasteiger partial charge in [-0.3, -0.25) is 0 Å². The van der Waals surface area contributed by atoms with Crippen LogP contribution in [0, 0.1) is 6.92 Å². The average molecular weight is 353 g/mol. The maximum Gasteiger partial charge on any atom is 0.418 e. The van der Waals surface area contributed by atoms with Gasteiger partial charge in [0, 0.05) is 18.3 Å². The fraction of sp³-hybridized carbons (Fsp3) is 0.412. The van der Waals surface area contributed by atoms with E-state index in [0.717, 1.165) is 19.0 Å². The zero-order chi connectivity index (χ0) is 18.4. The molecule has 0 aliphatic rings. The van der Waals surface area contributed by atoms with E-state index in [2.05, 4.69) is 25.5 Å². The number of hydrogen-bond donors (Lipinski definition) is 2. The third kappa shape index (κ3) is 5.90. The van der Waals surface area contributed by atoms with Crippen LogP contribution in [0.2, 0.25) is 0 Å². The predicted octanol–water partition coefficient (Wildman–Crippen LogP) is 3.91.